The third-order valence-electron chi connectivity index (χ3n) is 2.72. The third-order valence-corrected chi connectivity index (χ3v) is 3.58. The summed E-state index contributed by atoms with van der Waals surface area (Å²) in [4.78, 5) is 22.9. The Bertz CT molecular complexity index is 638. The summed E-state index contributed by atoms with van der Waals surface area (Å²) in [6.45, 7) is 1.98. The van der Waals surface area contributed by atoms with Gasteiger partial charge in [0.1, 0.15) is 0 Å². The summed E-state index contributed by atoms with van der Waals surface area (Å²) >= 11 is 1.19. The highest BCUT2D eigenvalue weighted by molar-refractivity contribution is 8.13. The van der Waals surface area contributed by atoms with Crippen molar-refractivity contribution in [3.05, 3.63) is 69.8 Å². The molecule has 0 spiro atoms. The first-order valence-electron chi connectivity index (χ1n) is 6.05. The lowest BCUT2D eigenvalue weighted by Gasteiger charge is -2.02. The van der Waals surface area contributed by atoms with Crippen molar-refractivity contribution in [3.8, 4) is 0 Å². The van der Waals surface area contributed by atoms with Gasteiger partial charge in [-0.3, -0.25) is 14.9 Å². The average molecular weight is 287 g/mol. The highest BCUT2D eigenvalue weighted by Gasteiger charge is 2.09. The van der Waals surface area contributed by atoms with Crippen molar-refractivity contribution >= 4 is 22.6 Å². The molecule has 0 aliphatic carbocycles. The van der Waals surface area contributed by atoms with Crippen molar-refractivity contribution in [3.63, 3.8) is 0 Å². The van der Waals surface area contributed by atoms with E-state index in [4.69, 9.17) is 0 Å². The van der Waals surface area contributed by atoms with E-state index in [1.807, 2.05) is 31.2 Å². The second-order valence-electron chi connectivity index (χ2n) is 4.39. The first-order valence-corrected chi connectivity index (χ1v) is 6.87. The summed E-state index contributed by atoms with van der Waals surface area (Å²) in [6, 6.07) is 13.8. The van der Waals surface area contributed by atoms with Gasteiger partial charge in [-0.15, -0.1) is 0 Å². The number of hydrogen-bond donors (Lipinski definition) is 0. The van der Waals surface area contributed by atoms with Crippen LogP contribution in [0.15, 0.2) is 53.4 Å². The van der Waals surface area contributed by atoms with E-state index < -0.39 is 4.92 Å². The number of nitro groups is 1. The molecule has 0 N–H and O–H groups in total. The Hall–Kier alpha value is -2.14. The van der Waals surface area contributed by atoms with Gasteiger partial charge in [0.2, 0.25) is 0 Å². The molecule has 0 aliphatic rings. The molecule has 2 aromatic rings. The van der Waals surface area contributed by atoms with Gasteiger partial charge in [-0.1, -0.05) is 41.6 Å². The third kappa shape index (κ3) is 3.93. The topological polar surface area (TPSA) is 60.2 Å². The summed E-state index contributed by atoms with van der Waals surface area (Å²) in [6.07, 6.45) is 0.261. The van der Waals surface area contributed by atoms with E-state index in [0.717, 1.165) is 16.0 Å². The van der Waals surface area contributed by atoms with Crippen LogP contribution in [-0.2, 0) is 11.2 Å². The number of thioether (sulfide) groups is 1. The van der Waals surface area contributed by atoms with Gasteiger partial charge >= 0.3 is 0 Å². The largest absolute Gasteiger partial charge is 0.286 e. The molecule has 0 saturated carbocycles. The molecule has 102 valence electrons. The second kappa shape index (κ2) is 6.34. The molecular formula is C15H13NO3S. The van der Waals surface area contributed by atoms with E-state index in [9.17, 15) is 14.9 Å². The Morgan fingerprint density at radius 3 is 2.50 bits per heavy atom. The molecule has 0 unspecified atom stereocenters. The van der Waals surface area contributed by atoms with E-state index in [-0.39, 0.29) is 17.2 Å². The summed E-state index contributed by atoms with van der Waals surface area (Å²) in [5.41, 5.74) is 1.92. The molecule has 0 radical (unpaired) electrons. The number of aryl methyl sites for hydroxylation is 1. The van der Waals surface area contributed by atoms with Crippen LogP contribution in [0.2, 0.25) is 0 Å². The number of non-ortho nitro benzene ring substituents is 1. The zero-order valence-corrected chi connectivity index (χ0v) is 11.7. The monoisotopic (exact) mass is 287 g/mol. The smallest absolute Gasteiger partial charge is 0.269 e. The maximum atomic E-state index is 11.9. The molecule has 20 heavy (non-hydrogen) atoms. The number of nitrogens with zero attached hydrogens (tertiary/aromatic N) is 1. The van der Waals surface area contributed by atoms with Crippen LogP contribution < -0.4 is 0 Å². The maximum absolute atomic E-state index is 11.9. The predicted octanol–water partition coefficient (Wildman–Crippen LogP) is 3.76. The highest BCUT2D eigenvalue weighted by Crippen LogP contribution is 2.22. The van der Waals surface area contributed by atoms with Gasteiger partial charge in [0, 0.05) is 23.4 Å². The lowest BCUT2D eigenvalue weighted by molar-refractivity contribution is -0.384. The van der Waals surface area contributed by atoms with Crippen LogP contribution in [0.5, 0.6) is 0 Å². The summed E-state index contributed by atoms with van der Waals surface area (Å²) in [5.74, 6) is 0. The fourth-order valence-electron chi connectivity index (χ4n) is 1.75. The maximum Gasteiger partial charge on any atom is 0.269 e. The van der Waals surface area contributed by atoms with E-state index in [1.54, 1.807) is 12.1 Å². The Morgan fingerprint density at radius 2 is 1.90 bits per heavy atom. The Balaban J connectivity index is 1.99. The normalized spacial score (nSPS) is 10.2. The molecule has 0 atom stereocenters. The zero-order valence-electron chi connectivity index (χ0n) is 10.9. The van der Waals surface area contributed by atoms with Gasteiger partial charge in [0.15, 0.2) is 5.12 Å². The number of benzene rings is 2. The van der Waals surface area contributed by atoms with Crippen LogP contribution in [-0.4, -0.2) is 10.0 Å². The molecular weight excluding hydrogens is 274 g/mol. The Morgan fingerprint density at radius 1 is 1.20 bits per heavy atom. The van der Waals surface area contributed by atoms with Crippen LogP contribution in [0.4, 0.5) is 5.69 Å². The van der Waals surface area contributed by atoms with Gasteiger partial charge in [-0.25, -0.2) is 0 Å². The molecule has 2 aromatic carbocycles. The molecule has 0 amide bonds. The van der Waals surface area contributed by atoms with Crippen LogP contribution in [0.3, 0.4) is 0 Å². The number of carbonyl (C=O) groups excluding carboxylic acids is 1. The molecule has 0 bridgehead atoms. The van der Waals surface area contributed by atoms with Crippen molar-refractivity contribution in [1.29, 1.82) is 0 Å². The molecule has 0 aliphatic heterocycles. The van der Waals surface area contributed by atoms with Gasteiger partial charge in [-0.2, -0.15) is 0 Å². The molecule has 2 rings (SSSR count). The fraction of sp³-hybridized carbons (Fsp3) is 0.133. The van der Waals surface area contributed by atoms with Gasteiger partial charge in [0.05, 0.1) is 4.92 Å². The first-order chi connectivity index (χ1) is 9.54. The molecule has 0 aromatic heterocycles. The number of hydrogen-bond acceptors (Lipinski definition) is 4. The Labute approximate surface area is 121 Å². The van der Waals surface area contributed by atoms with E-state index in [1.165, 1.54) is 23.9 Å². The minimum absolute atomic E-state index is 0.0180. The summed E-state index contributed by atoms with van der Waals surface area (Å²) in [7, 11) is 0. The van der Waals surface area contributed by atoms with Crippen LogP contribution in [0.25, 0.3) is 0 Å². The summed E-state index contributed by atoms with van der Waals surface area (Å²) < 4.78 is 0. The quantitative estimate of drug-likeness (QED) is 0.488. The SMILES string of the molecule is Cc1cccc(SC(=O)Cc2ccc([N+](=O)[O-])cc2)c1. The zero-order chi connectivity index (χ0) is 14.5. The van der Waals surface area contributed by atoms with Gasteiger partial charge < -0.3 is 0 Å². The predicted molar refractivity (Wildman–Crippen MR) is 78.8 cm³/mol. The van der Waals surface area contributed by atoms with Gasteiger partial charge in [-0.05, 0) is 24.6 Å². The lowest BCUT2D eigenvalue weighted by Crippen LogP contribution is -1.98. The molecule has 5 heteroatoms. The van der Waals surface area contributed by atoms with Gasteiger partial charge in [0.25, 0.3) is 5.69 Å². The standard InChI is InChI=1S/C15H13NO3S/c1-11-3-2-4-14(9-11)20-15(17)10-12-5-7-13(8-6-12)16(18)19/h2-9H,10H2,1H3. The highest BCUT2D eigenvalue weighted by atomic mass is 32.2. The number of carbonyl (C=O) groups is 1. The van der Waals surface area contributed by atoms with Crippen LogP contribution in [0, 0.1) is 17.0 Å². The second-order valence-corrected chi connectivity index (χ2v) is 5.52. The lowest BCUT2D eigenvalue weighted by atomic mass is 10.1. The van der Waals surface area contributed by atoms with E-state index in [0.29, 0.717) is 0 Å². The van der Waals surface area contributed by atoms with Crippen molar-refractivity contribution < 1.29 is 9.72 Å². The average Bonchev–Trinajstić information content (AvgIpc) is 2.39. The van der Waals surface area contributed by atoms with E-state index in [2.05, 4.69) is 0 Å². The van der Waals surface area contributed by atoms with Crippen molar-refractivity contribution in [2.75, 3.05) is 0 Å². The molecule has 4 nitrogen and oxygen atoms in total. The number of nitro benzene ring substituents is 1. The molecule has 0 saturated heterocycles. The summed E-state index contributed by atoms with van der Waals surface area (Å²) in [5, 5.41) is 10.6. The van der Waals surface area contributed by atoms with Crippen molar-refractivity contribution in [1.82, 2.24) is 0 Å². The number of rotatable bonds is 4. The minimum Gasteiger partial charge on any atom is -0.286 e. The molecule has 0 fully saturated rings. The molecule has 0 heterocycles. The fourth-order valence-corrected chi connectivity index (χ4v) is 2.64. The van der Waals surface area contributed by atoms with Crippen LogP contribution >= 0.6 is 11.8 Å². The minimum atomic E-state index is -0.451. The van der Waals surface area contributed by atoms with Crippen molar-refractivity contribution in [2.24, 2.45) is 0 Å². The van der Waals surface area contributed by atoms with Crippen molar-refractivity contribution in [2.45, 2.75) is 18.2 Å². The van der Waals surface area contributed by atoms with Crippen LogP contribution in [0.1, 0.15) is 11.1 Å². The Kier molecular flexibility index (Phi) is 4.53. The van der Waals surface area contributed by atoms with E-state index >= 15 is 0 Å². The first kappa shape index (κ1) is 14.3.